The molecule has 1 fully saturated rings. The van der Waals surface area contributed by atoms with E-state index in [1.165, 1.54) is 0 Å². The molecule has 0 heterocycles. The van der Waals surface area contributed by atoms with Gasteiger partial charge in [0.05, 0.1) is 12.1 Å². The van der Waals surface area contributed by atoms with Crippen LogP contribution in [0.5, 0.6) is 0 Å². The van der Waals surface area contributed by atoms with Crippen LogP contribution in [0, 0.1) is 0 Å². The van der Waals surface area contributed by atoms with Crippen LogP contribution in [0.4, 0.5) is 0 Å². The highest BCUT2D eigenvalue weighted by molar-refractivity contribution is 5.77. The van der Waals surface area contributed by atoms with Gasteiger partial charge in [0.1, 0.15) is 0 Å². The molecular weight excluding hydrogens is 222 g/mol. The summed E-state index contributed by atoms with van der Waals surface area (Å²) in [5.74, 6) is -0.903. The first-order valence-electron chi connectivity index (χ1n) is 6.22. The molecule has 0 aliphatic heterocycles. The molecule has 5 heteroatoms. The standard InChI is InChI=1S/C12H21NO4/c14-9-12(7-3-4-8-12)13-10(15)5-1-2-6-11(16)17/h14H,1-9H2,(H,13,15)(H,16,17). The number of aliphatic hydroxyl groups excluding tert-OH is 1. The van der Waals surface area contributed by atoms with Crippen molar-refractivity contribution >= 4 is 11.9 Å². The maximum atomic E-state index is 11.6. The zero-order valence-corrected chi connectivity index (χ0v) is 10.1. The van der Waals surface area contributed by atoms with Gasteiger partial charge in [-0.05, 0) is 25.7 Å². The fourth-order valence-corrected chi connectivity index (χ4v) is 2.29. The number of rotatable bonds is 7. The topological polar surface area (TPSA) is 86.6 Å². The van der Waals surface area contributed by atoms with E-state index < -0.39 is 11.5 Å². The summed E-state index contributed by atoms with van der Waals surface area (Å²) < 4.78 is 0. The Bertz CT molecular complexity index is 272. The minimum atomic E-state index is -0.826. The Morgan fingerprint density at radius 3 is 2.24 bits per heavy atom. The number of amides is 1. The van der Waals surface area contributed by atoms with Crippen LogP contribution in [-0.4, -0.2) is 34.2 Å². The number of carbonyl (C=O) groups excluding carboxylic acids is 1. The van der Waals surface area contributed by atoms with Crippen molar-refractivity contribution in [2.45, 2.75) is 56.9 Å². The first-order chi connectivity index (χ1) is 8.08. The van der Waals surface area contributed by atoms with Crippen LogP contribution >= 0.6 is 0 Å². The molecule has 0 spiro atoms. The summed E-state index contributed by atoms with van der Waals surface area (Å²) in [4.78, 5) is 21.9. The van der Waals surface area contributed by atoms with Gasteiger partial charge in [0.2, 0.25) is 5.91 Å². The smallest absolute Gasteiger partial charge is 0.303 e. The molecule has 0 saturated heterocycles. The number of unbranched alkanes of at least 4 members (excludes halogenated alkanes) is 1. The molecule has 0 aromatic heterocycles. The molecule has 1 aliphatic rings. The average molecular weight is 243 g/mol. The van der Waals surface area contributed by atoms with E-state index in [0.717, 1.165) is 25.7 Å². The van der Waals surface area contributed by atoms with Gasteiger partial charge in [0.15, 0.2) is 0 Å². The molecule has 0 aromatic carbocycles. The van der Waals surface area contributed by atoms with Gasteiger partial charge in [-0.2, -0.15) is 0 Å². The molecule has 3 N–H and O–H groups in total. The summed E-state index contributed by atoms with van der Waals surface area (Å²) in [7, 11) is 0. The monoisotopic (exact) mass is 243 g/mol. The van der Waals surface area contributed by atoms with Gasteiger partial charge in [0.25, 0.3) is 0 Å². The number of carboxylic acids is 1. The number of aliphatic carboxylic acids is 1. The Balaban J connectivity index is 2.21. The van der Waals surface area contributed by atoms with E-state index >= 15 is 0 Å². The molecule has 1 amide bonds. The molecule has 0 atom stereocenters. The van der Waals surface area contributed by atoms with Gasteiger partial charge in [-0.15, -0.1) is 0 Å². The quantitative estimate of drug-likeness (QED) is 0.583. The van der Waals surface area contributed by atoms with Crippen molar-refractivity contribution in [3.8, 4) is 0 Å². The molecule has 5 nitrogen and oxygen atoms in total. The molecule has 17 heavy (non-hydrogen) atoms. The summed E-state index contributed by atoms with van der Waals surface area (Å²) in [6.07, 6.45) is 5.32. The van der Waals surface area contributed by atoms with Crippen molar-refractivity contribution in [1.82, 2.24) is 5.32 Å². The summed E-state index contributed by atoms with van der Waals surface area (Å²) in [5.41, 5.74) is -0.413. The van der Waals surface area contributed by atoms with Gasteiger partial charge in [-0.25, -0.2) is 0 Å². The molecular formula is C12H21NO4. The summed E-state index contributed by atoms with van der Waals surface area (Å²) >= 11 is 0. The predicted octanol–water partition coefficient (Wildman–Crippen LogP) is 1.05. The molecule has 1 rings (SSSR count). The average Bonchev–Trinajstić information content (AvgIpc) is 2.73. The van der Waals surface area contributed by atoms with Crippen molar-refractivity contribution in [3.05, 3.63) is 0 Å². The van der Waals surface area contributed by atoms with E-state index in [-0.39, 0.29) is 18.9 Å². The van der Waals surface area contributed by atoms with Gasteiger partial charge in [-0.1, -0.05) is 12.8 Å². The Kier molecular flexibility index (Phi) is 5.41. The number of carbonyl (C=O) groups is 2. The van der Waals surface area contributed by atoms with Crippen LogP contribution in [0.25, 0.3) is 0 Å². The number of aliphatic hydroxyl groups is 1. The first kappa shape index (κ1) is 14.0. The van der Waals surface area contributed by atoms with E-state index in [4.69, 9.17) is 5.11 Å². The summed E-state index contributed by atoms with van der Waals surface area (Å²) in [5, 5.41) is 20.7. The SMILES string of the molecule is O=C(O)CCCCC(=O)NC1(CO)CCCC1. The predicted molar refractivity (Wildman–Crippen MR) is 62.5 cm³/mol. The van der Waals surface area contributed by atoms with Crippen LogP contribution in [0.2, 0.25) is 0 Å². The van der Waals surface area contributed by atoms with E-state index in [2.05, 4.69) is 5.32 Å². The Hall–Kier alpha value is -1.10. The van der Waals surface area contributed by atoms with Crippen LogP contribution in [0.3, 0.4) is 0 Å². The van der Waals surface area contributed by atoms with Gasteiger partial charge in [-0.3, -0.25) is 9.59 Å². The molecule has 0 unspecified atom stereocenters. The van der Waals surface area contributed by atoms with Crippen LogP contribution < -0.4 is 5.32 Å². The zero-order chi connectivity index (χ0) is 12.7. The largest absolute Gasteiger partial charge is 0.481 e. The van der Waals surface area contributed by atoms with Crippen molar-refractivity contribution in [1.29, 1.82) is 0 Å². The van der Waals surface area contributed by atoms with Crippen molar-refractivity contribution in [2.24, 2.45) is 0 Å². The summed E-state index contributed by atoms with van der Waals surface area (Å²) in [6, 6.07) is 0. The maximum Gasteiger partial charge on any atom is 0.303 e. The van der Waals surface area contributed by atoms with E-state index in [9.17, 15) is 14.7 Å². The second kappa shape index (κ2) is 6.59. The molecule has 1 saturated carbocycles. The van der Waals surface area contributed by atoms with Crippen molar-refractivity contribution < 1.29 is 19.8 Å². The number of hydrogen-bond donors (Lipinski definition) is 3. The minimum Gasteiger partial charge on any atom is -0.481 e. The maximum absolute atomic E-state index is 11.6. The zero-order valence-electron chi connectivity index (χ0n) is 10.1. The van der Waals surface area contributed by atoms with E-state index in [0.29, 0.717) is 19.3 Å². The van der Waals surface area contributed by atoms with Crippen LogP contribution in [0.15, 0.2) is 0 Å². The molecule has 0 bridgehead atoms. The second-order valence-electron chi connectivity index (χ2n) is 4.79. The van der Waals surface area contributed by atoms with E-state index in [1.807, 2.05) is 0 Å². The molecule has 98 valence electrons. The highest BCUT2D eigenvalue weighted by Crippen LogP contribution is 2.29. The Morgan fingerprint density at radius 1 is 1.12 bits per heavy atom. The lowest BCUT2D eigenvalue weighted by Gasteiger charge is -2.27. The minimum absolute atomic E-state index is 0.00609. The molecule has 0 radical (unpaired) electrons. The highest BCUT2D eigenvalue weighted by atomic mass is 16.4. The summed E-state index contributed by atoms with van der Waals surface area (Å²) in [6.45, 7) is -0.00609. The Labute approximate surface area is 101 Å². The number of hydrogen-bond acceptors (Lipinski definition) is 3. The molecule has 0 aromatic rings. The van der Waals surface area contributed by atoms with Crippen molar-refractivity contribution in [2.75, 3.05) is 6.61 Å². The highest BCUT2D eigenvalue weighted by Gasteiger charge is 2.34. The third-order valence-electron chi connectivity index (χ3n) is 3.31. The van der Waals surface area contributed by atoms with Crippen molar-refractivity contribution in [3.63, 3.8) is 0 Å². The molecule has 1 aliphatic carbocycles. The Morgan fingerprint density at radius 2 is 1.71 bits per heavy atom. The van der Waals surface area contributed by atoms with Crippen LogP contribution in [-0.2, 0) is 9.59 Å². The fourth-order valence-electron chi connectivity index (χ4n) is 2.29. The third kappa shape index (κ3) is 4.73. The number of nitrogens with one attached hydrogen (secondary N) is 1. The first-order valence-corrected chi connectivity index (χ1v) is 6.22. The van der Waals surface area contributed by atoms with E-state index in [1.54, 1.807) is 0 Å². The number of carboxylic acid groups (broad SMARTS) is 1. The lowest BCUT2D eigenvalue weighted by molar-refractivity contribution is -0.137. The lowest BCUT2D eigenvalue weighted by atomic mass is 9.98. The van der Waals surface area contributed by atoms with Gasteiger partial charge < -0.3 is 15.5 Å². The van der Waals surface area contributed by atoms with Crippen LogP contribution in [0.1, 0.15) is 51.4 Å². The fraction of sp³-hybridized carbons (Fsp3) is 0.833. The lowest BCUT2D eigenvalue weighted by Crippen LogP contribution is -2.49. The van der Waals surface area contributed by atoms with Gasteiger partial charge in [0, 0.05) is 12.8 Å². The van der Waals surface area contributed by atoms with Gasteiger partial charge >= 0.3 is 5.97 Å². The second-order valence-corrected chi connectivity index (χ2v) is 4.79. The third-order valence-corrected chi connectivity index (χ3v) is 3.31. The normalized spacial score (nSPS) is 17.9.